The van der Waals surface area contributed by atoms with Crippen LogP contribution >= 0.6 is 0 Å². The first kappa shape index (κ1) is 14.1. The molecule has 1 aromatic heterocycles. The van der Waals surface area contributed by atoms with Crippen LogP contribution in [0.5, 0.6) is 0 Å². The standard InChI is InChI=1S/C10H20N4O2S/c1-5-11-6-9-8(4)12-13-10(9)17(15,16)14-7(2)3/h7,11,14H,5-6H2,1-4H3,(H,12,13). The van der Waals surface area contributed by atoms with Gasteiger partial charge < -0.3 is 5.32 Å². The number of sulfonamides is 1. The third-order valence-corrected chi connectivity index (χ3v) is 3.86. The molecule has 0 aliphatic heterocycles. The molecule has 7 heteroatoms. The van der Waals surface area contributed by atoms with Crippen molar-refractivity contribution in [3.8, 4) is 0 Å². The topological polar surface area (TPSA) is 86.9 Å². The van der Waals surface area contributed by atoms with Gasteiger partial charge in [0.05, 0.1) is 0 Å². The summed E-state index contributed by atoms with van der Waals surface area (Å²) in [5, 5.41) is 9.79. The van der Waals surface area contributed by atoms with Gasteiger partial charge in [-0.1, -0.05) is 6.92 Å². The highest BCUT2D eigenvalue weighted by molar-refractivity contribution is 7.89. The Labute approximate surface area is 102 Å². The van der Waals surface area contributed by atoms with Crippen LogP contribution in [-0.2, 0) is 16.6 Å². The van der Waals surface area contributed by atoms with Gasteiger partial charge in [0, 0.05) is 23.8 Å². The Morgan fingerprint density at radius 3 is 2.59 bits per heavy atom. The van der Waals surface area contributed by atoms with Crippen molar-refractivity contribution in [1.29, 1.82) is 0 Å². The summed E-state index contributed by atoms with van der Waals surface area (Å²) >= 11 is 0. The molecule has 0 aliphatic carbocycles. The number of aryl methyl sites for hydroxylation is 1. The fourth-order valence-electron chi connectivity index (χ4n) is 1.48. The quantitative estimate of drug-likeness (QED) is 0.695. The van der Waals surface area contributed by atoms with Crippen molar-refractivity contribution < 1.29 is 8.42 Å². The second kappa shape index (κ2) is 5.61. The molecule has 0 atom stereocenters. The molecule has 0 amide bonds. The maximum absolute atomic E-state index is 12.0. The van der Waals surface area contributed by atoms with Gasteiger partial charge in [0.2, 0.25) is 0 Å². The van der Waals surface area contributed by atoms with Crippen LogP contribution in [-0.4, -0.2) is 31.2 Å². The average molecular weight is 260 g/mol. The van der Waals surface area contributed by atoms with Gasteiger partial charge in [0.1, 0.15) is 0 Å². The van der Waals surface area contributed by atoms with Crippen LogP contribution < -0.4 is 10.0 Å². The number of nitrogens with one attached hydrogen (secondary N) is 3. The minimum Gasteiger partial charge on any atom is -0.313 e. The monoisotopic (exact) mass is 260 g/mol. The van der Waals surface area contributed by atoms with E-state index in [4.69, 9.17) is 0 Å². The molecule has 6 nitrogen and oxygen atoms in total. The molecular formula is C10H20N4O2S. The Morgan fingerprint density at radius 2 is 2.06 bits per heavy atom. The molecular weight excluding hydrogens is 240 g/mol. The molecule has 0 bridgehead atoms. The zero-order valence-electron chi connectivity index (χ0n) is 10.7. The van der Waals surface area contributed by atoms with Crippen molar-refractivity contribution in [3.63, 3.8) is 0 Å². The van der Waals surface area contributed by atoms with Crippen molar-refractivity contribution in [3.05, 3.63) is 11.3 Å². The number of aromatic amines is 1. The molecule has 1 heterocycles. The lowest BCUT2D eigenvalue weighted by Gasteiger charge is -2.09. The second-order valence-electron chi connectivity index (χ2n) is 4.19. The van der Waals surface area contributed by atoms with E-state index in [2.05, 4.69) is 20.2 Å². The fourth-order valence-corrected chi connectivity index (χ4v) is 2.92. The summed E-state index contributed by atoms with van der Waals surface area (Å²) in [5.41, 5.74) is 1.47. The maximum Gasteiger partial charge on any atom is 0.260 e. The van der Waals surface area contributed by atoms with Gasteiger partial charge in [-0.15, -0.1) is 0 Å². The molecule has 0 spiro atoms. The summed E-state index contributed by atoms with van der Waals surface area (Å²) in [7, 11) is -3.53. The highest BCUT2D eigenvalue weighted by Crippen LogP contribution is 2.16. The summed E-state index contributed by atoms with van der Waals surface area (Å²) in [6.07, 6.45) is 0. The highest BCUT2D eigenvalue weighted by atomic mass is 32.2. The number of nitrogens with zero attached hydrogens (tertiary/aromatic N) is 1. The van der Waals surface area contributed by atoms with Crippen molar-refractivity contribution in [2.45, 2.75) is 45.3 Å². The Kier molecular flexibility index (Phi) is 4.67. The first-order valence-corrected chi connectivity index (χ1v) is 7.13. The van der Waals surface area contributed by atoms with E-state index in [0.29, 0.717) is 12.1 Å². The highest BCUT2D eigenvalue weighted by Gasteiger charge is 2.23. The van der Waals surface area contributed by atoms with Gasteiger partial charge in [-0.3, -0.25) is 5.10 Å². The van der Waals surface area contributed by atoms with E-state index in [1.807, 2.05) is 13.8 Å². The number of H-pyrrole nitrogens is 1. The molecule has 3 N–H and O–H groups in total. The third kappa shape index (κ3) is 3.52. The van der Waals surface area contributed by atoms with Crippen molar-refractivity contribution in [2.24, 2.45) is 0 Å². The predicted octanol–water partition coefficient (Wildman–Crippen LogP) is 0.514. The Morgan fingerprint density at radius 1 is 1.41 bits per heavy atom. The summed E-state index contributed by atoms with van der Waals surface area (Å²) in [5.74, 6) is 0. The van der Waals surface area contributed by atoms with Crippen LogP contribution in [0.4, 0.5) is 0 Å². The molecule has 1 aromatic rings. The zero-order valence-corrected chi connectivity index (χ0v) is 11.5. The van der Waals surface area contributed by atoms with Crippen LogP contribution in [0.25, 0.3) is 0 Å². The molecule has 0 saturated heterocycles. The molecule has 0 unspecified atom stereocenters. The SMILES string of the molecule is CCNCc1c(S(=O)(=O)NC(C)C)n[nH]c1C. The lowest BCUT2D eigenvalue weighted by molar-refractivity contribution is 0.563. The normalized spacial score (nSPS) is 12.3. The summed E-state index contributed by atoms with van der Waals surface area (Å²) in [4.78, 5) is 0. The van der Waals surface area contributed by atoms with E-state index >= 15 is 0 Å². The van der Waals surface area contributed by atoms with Crippen molar-refractivity contribution in [2.75, 3.05) is 6.54 Å². The largest absolute Gasteiger partial charge is 0.313 e. The fraction of sp³-hybridized carbons (Fsp3) is 0.700. The van der Waals surface area contributed by atoms with Crippen LogP contribution in [0.1, 0.15) is 32.0 Å². The lowest BCUT2D eigenvalue weighted by Crippen LogP contribution is -2.31. The van der Waals surface area contributed by atoms with Crippen LogP contribution in [0.3, 0.4) is 0 Å². The predicted molar refractivity (Wildman–Crippen MR) is 66.2 cm³/mol. The van der Waals surface area contributed by atoms with E-state index < -0.39 is 10.0 Å². The summed E-state index contributed by atoms with van der Waals surface area (Å²) in [6, 6.07) is -0.149. The summed E-state index contributed by atoms with van der Waals surface area (Å²) in [6.45, 7) is 8.61. The molecule has 0 fully saturated rings. The summed E-state index contributed by atoms with van der Waals surface area (Å²) < 4.78 is 26.6. The van der Waals surface area contributed by atoms with Crippen LogP contribution in [0, 0.1) is 6.92 Å². The molecule has 98 valence electrons. The van der Waals surface area contributed by atoms with E-state index in [1.165, 1.54) is 0 Å². The van der Waals surface area contributed by atoms with Gasteiger partial charge in [0.15, 0.2) is 5.03 Å². The minimum atomic E-state index is -3.53. The van der Waals surface area contributed by atoms with Gasteiger partial charge in [0.25, 0.3) is 10.0 Å². The van der Waals surface area contributed by atoms with E-state index in [9.17, 15) is 8.42 Å². The molecule has 1 rings (SSSR count). The average Bonchev–Trinajstić information content (AvgIpc) is 2.55. The van der Waals surface area contributed by atoms with Crippen molar-refractivity contribution >= 4 is 10.0 Å². The first-order valence-electron chi connectivity index (χ1n) is 5.65. The Balaban J connectivity index is 3.05. The van der Waals surface area contributed by atoms with Crippen LogP contribution in [0.15, 0.2) is 5.03 Å². The molecule has 0 saturated carbocycles. The lowest BCUT2D eigenvalue weighted by atomic mass is 10.2. The Bertz CT molecular complexity index is 465. The smallest absolute Gasteiger partial charge is 0.260 e. The number of hydrogen-bond donors (Lipinski definition) is 3. The molecule has 0 aliphatic rings. The van der Waals surface area contributed by atoms with Gasteiger partial charge >= 0.3 is 0 Å². The third-order valence-electron chi connectivity index (χ3n) is 2.23. The van der Waals surface area contributed by atoms with Crippen molar-refractivity contribution in [1.82, 2.24) is 20.2 Å². The van der Waals surface area contributed by atoms with E-state index in [0.717, 1.165) is 12.2 Å². The maximum atomic E-state index is 12.0. The molecule has 0 radical (unpaired) electrons. The second-order valence-corrected chi connectivity index (χ2v) is 5.82. The molecule has 0 aromatic carbocycles. The van der Waals surface area contributed by atoms with Crippen LogP contribution in [0.2, 0.25) is 0 Å². The number of aromatic nitrogens is 2. The minimum absolute atomic E-state index is 0.0876. The number of rotatable bonds is 6. The molecule has 17 heavy (non-hydrogen) atoms. The van der Waals surface area contributed by atoms with E-state index in [1.54, 1.807) is 13.8 Å². The zero-order chi connectivity index (χ0) is 13.1. The van der Waals surface area contributed by atoms with Gasteiger partial charge in [-0.05, 0) is 27.3 Å². The van der Waals surface area contributed by atoms with Gasteiger partial charge in [-0.2, -0.15) is 5.10 Å². The first-order chi connectivity index (χ1) is 7.88. The van der Waals surface area contributed by atoms with Gasteiger partial charge in [-0.25, -0.2) is 13.1 Å². The van der Waals surface area contributed by atoms with E-state index in [-0.39, 0.29) is 11.1 Å². The number of hydrogen-bond acceptors (Lipinski definition) is 4. The Hall–Kier alpha value is -0.920.